The van der Waals surface area contributed by atoms with E-state index in [4.69, 9.17) is 14.6 Å². The number of carboxylic acid groups (broad SMARTS) is 1. The van der Waals surface area contributed by atoms with Gasteiger partial charge in [-0.3, -0.25) is 4.79 Å². The van der Waals surface area contributed by atoms with Crippen LogP contribution in [0.2, 0.25) is 0 Å². The Balaban J connectivity index is 2.06. The Morgan fingerprint density at radius 3 is 2.48 bits per heavy atom. The van der Waals surface area contributed by atoms with Crippen LogP contribution in [-0.2, 0) is 4.79 Å². The molecule has 0 spiro atoms. The first-order valence-electron chi connectivity index (χ1n) is 8.47. The Kier molecular flexibility index (Phi) is 6.25. The summed E-state index contributed by atoms with van der Waals surface area (Å²) in [6, 6.07) is 5.00. The van der Waals surface area contributed by atoms with Crippen molar-refractivity contribution in [3.8, 4) is 11.5 Å². The molecule has 1 aromatic carbocycles. The lowest BCUT2D eigenvalue weighted by Gasteiger charge is -2.35. The summed E-state index contributed by atoms with van der Waals surface area (Å²) in [5.41, 5.74) is -1.30. The first kappa shape index (κ1) is 19.1. The molecule has 2 N–H and O–H groups in total. The number of methoxy groups -OCH3 is 1. The third-order valence-electron chi connectivity index (χ3n) is 4.44. The highest BCUT2D eigenvalue weighted by atomic mass is 16.5. The topological polar surface area (TPSA) is 96.3 Å². The number of amides is 1. The summed E-state index contributed by atoms with van der Waals surface area (Å²) in [4.78, 5) is 25.2. The number of carbonyl (C=O) groups excluding carboxylic acids is 1. The average molecular weight is 351 g/mol. The van der Waals surface area contributed by atoms with Crippen LogP contribution in [0.3, 0.4) is 0 Å². The first-order chi connectivity index (χ1) is 11.9. The van der Waals surface area contributed by atoms with Gasteiger partial charge in [-0.25, -0.2) is 4.79 Å². The van der Waals surface area contributed by atoms with Gasteiger partial charge in [0.15, 0.2) is 17.1 Å². The summed E-state index contributed by atoms with van der Waals surface area (Å²) < 4.78 is 11.0. The van der Waals surface area contributed by atoms with Crippen LogP contribution in [0, 0.1) is 0 Å². The van der Waals surface area contributed by atoms with Crippen molar-refractivity contribution >= 4 is 11.9 Å². The van der Waals surface area contributed by atoms with Gasteiger partial charge < -0.3 is 24.6 Å². The van der Waals surface area contributed by atoms with Crippen molar-refractivity contribution in [2.75, 3.05) is 26.8 Å². The number of carboxylic acids is 1. The second kappa shape index (κ2) is 8.20. The number of hydrogen-bond donors (Lipinski definition) is 2. The molecule has 0 radical (unpaired) electrons. The molecule has 2 rings (SSSR count). The van der Waals surface area contributed by atoms with Crippen LogP contribution in [0.25, 0.3) is 0 Å². The minimum atomic E-state index is -1.74. The van der Waals surface area contributed by atoms with Crippen molar-refractivity contribution in [2.45, 2.75) is 38.2 Å². The van der Waals surface area contributed by atoms with Gasteiger partial charge in [0.2, 0.25) is 0 Å². The van der Waals surface area contributed by atoms with Gasteiger partial charge in [0, 0.05) is 31.5 Å². The SMILES string of the molecule is CCCCOc1ccc(C(=O)N2CCC(O)(C(=O)O)CC2)cc1OC. The third kappa shape index (κ3) is 4.42. The molecule has 0 bridgehead atoms. The molecule has 1 fully saturated rings. The number of carbonyl (C=O) groups is 2. The summed E-state index contributed by atoms with van der Waals surface area (Å²) >= 11 is 0. The monoisotopic (exact) mass is 351 g/mol. The molecule has 1 aliphatic rings. The van der Waals surface area contributed by atoms with E-state index >= 15 is 0 Å². The Labute approximate surface area is 147 Å². The lowest BCUT2D eigenvalue weighted by molar-refractivity contribution is -0.162. The number of rotatable bonds is 7. The summed E-state index contributed by atoms with van der Waals surface area (Å²) in [5.74, 6) is -0.381. The molecule has 1 saturated heterocycles. The molecule has 0 atom stereocenters. The number of likely N-dealkylation sites (tertiary alicyclic amines) is 1. The molecule has 0 saturated carbocycles. The third-order valence-corrected chi connectivity index (χ3v) is 4.44. The van der Waals surface area contributed by atoms with E-state index in [1.54, 1.807) is 23.1 Å². The molecule has 1 aromatic rings. The molecule has 1 heterocycles. The van der Waals surface area contributed by atoms with Crippen molar-refractivity contribution < 1.29 is 29.3 Å². The first-order valence-corrected chi connectivity index (χ1v) is 8.47. The highest BCUT2D eigenvalue weighted by molar-refractivity contribution is 5.95. The molecule has 1 amide bonds. The van der Waals surface area contributed by atoms with E-state index in [-0.39, 0.29) is 31.8 Å². The predicted molar refractivity (Wildman–Crippen MR) is 91.1 cm³/mol. The summed E-state index contributed by atoms with van der Waals surface area (Å²) in [7, 11) is 1.52. The molecule has 7 heteroatoms. The van der Waals surface area contributed by atoms with Gasteiger partial charge in [0.05, 0.1) is 13.7 Å². The van der Waals surface area contributed by atoms with Crippen LogP contribution >= 0.6 is 0 Å². The van der Waals surface area contributed by atoms with Gasteiger partial charge in [-0.2, -0.15) is 0 Å². The molecular weight excluding hydrogens is 326 g/mol. The Hall–Kier alpha value is -2.28. The zero-order valence-corrected chi connectivity index (χ0v) is 14.7. The van der Waals surface area contributed by atoms with Gasteiger partial charge in [0.25, 0.3) is 5.91 Å². The van der Waals surface area contributed by atoms with E-state index in [1.807, 2.05) is 0 Å². The molecule has 0 aliphatic carbocycles. The van der Waals surface area contributed by atoms with Crippen LogP contribution < -0.4 is 9.47 Å². The fourth-order valence-corrected chi connectivity index (χ4v) is 2.72. The normalized spacial score (nSPS) is 16.4. The van der Waals surface area contributed by atoms with E-state index in [2.05, 4.69) is 6.92 Å². The molecular formula is C18H25NO6. The lowest BCUT2D eigenvalue weighted by Crippen LogP contribution is -2.50. The largest absolute Gasteiger partial charge is 0.493 e. The van der Waals surface area contributed by atoms with Crippen molar-refractivity contribution in [1.82, 2.24) is 4.90 Å². The minimum Gasteiger partial charge on any atom is -0.493 e. The fraction of sp³-hybridized carbons (Fsp3) is 0.556. The maximum absolute atomic E-state index is 12.6. The number of benzene rings is 1. The highest BCUT2D eigenvalue weighted by Crippen LogP contribution is 2.30. The minimum absolute atomic E-state index is 0.0173. The van der Waals surface area contributed by atoms with E-state index in [0.717, 1.165) is 12.8 Å². The van der Waals surface area contributed by atoms with E-state index < -0.39 is 11.6 Å². The van der Waals surface area contributed by atoms with Gasteiger partial charge >= 0.3 is 5.97 Å². The average Bonchev–Trinajstić information content (AvgIpc) is 2.62. The van der Waals surface area contributed by atoms with Crippen molar-refractivity contribution in [3.05, 3.63) is 23.8 Å². The van der Waals surface area contributed by atoms with Crippen LogP contribution in [-0.4, -0.2) is 59.4 Å². The predicted octanol–water partition coefficient (Wildman–Crippen LogP) is 1.93. The summed E-state index contributed by atoms with van der Waals surface area (Å²) in [6.45, 7) is 3.05. The second-order valence-corrected chi connectivity index (χ2v) is 6.20. The van der Waals surface area contributed by atoms with Crippen LogP contribution in [0.15, 0.2) is 18.2 Å². The van der Waals surface area contributed by atoms with Crippen LogP contribution in [0.5, 0.6) is 11.5 Å². The van der Waals surface area contributed by atoms with E-state index in [9.17, 15) is 14.7 Å². The number of ether oxygens (including phenoxy) is 2. The molecule has 0 aromatic heterocycles. The fourth-order valence-electron chi connectivity index (χ4n) is 2.72. The molecule has 25 heavy (non-hydrogen) atoms. The van der Waals surface area contributed by atoms with Gasteiger partial charge in [0.1, 0.15) is 0 Å². The second-order valence-electron chi connectivity index (χ2n) is 6.20. The number of unbranched alkanes of at least 4 members (excludes halogenated alkanes) is 1. The Morgan fingerprint density at radius 2 is 1.92 bits per heavy atom. The van der Waals surface area contributed by atoms with Crippen LogP contribution in [0.1, 0.15) is 43.0 Å². The highest BCUT2D eigenvalue weighted by Gasteiger charge is 2.40. The smallest absolute Gasteiger partial charge is 0.335 e. The maximum atomic E-state index is 12.6. The zero-order chi connectivity index (χ0) is 18.4. The van der Waals surface area contributed by atoms with E-state index in [1.165, 1.54) is 7.11 Å². The Morgan fingerprint density at radius 1 is 1.24 bits per heavy atom. The van der Waals surface area contributed by atoms with Crippen molar-refractivity contribution in [3.63, 3.8) is 0 Å². The summed E-state index contributed by atoms with van der Waals surface area (Å²) in [6.07, 6.45) is 1.99. The Bertz CT molecular complexity index is 622. The van der Waals surface area contributed by atoms with Crippen molar-refractivity contribution in [1.29, 1.82) is 0 Å². The molecule has 138 valence electrons. The number of hydrogen-bond acceptors (Lipinski definition) is 5. The van der Waals surface area contributed by atoms with Crippen molar-refractivity contribution in [2.24, 2.45) is 0 Å². The van der Waals surface area contributed by atoms with E-state index in [0.29, 0.717) is 23.7 Å². The molecule has 7 nitrogen and oxygen atoms in total. The van der Waals surface area contributed by atoms with Gasteiger partial charge in [-0.15, -0.1) is 0 Å². The quantitative estimate of drug-likeness (QED) is 0.729. The molecule has 0 unspecified atom stereocenters. The lowest BCUT2D eigenvalue weighted by atomic mass is 9.91. The number of aliphatic hydroxyl groups is 1. The summed E-state index contributed by atoms with van der Waals surface area (Å²) in [5, 5.41) is 19.0. The maximum Gasteiger partial charge on any atom is 0.335 e. The standard InChI is InChI=1S/C18H25NO6/c1-3-4-11-25-14-6-5-13(12-15(14)24-2)16(20)19-9-7-18(23,8-10-19)17(21)22/h5-6,12,23H,3-4,7-11H2,1-2H3,(H,21,22). The molecule has 1 aliphatic heterocycles. The van der Waals surface area contributed by atoms with Gasteiger partial charge in [-0.1, -0.05) is 13.3 Å². The number of nitrogens with zero attached hydrogens (tertiary/aromatic N) is 1. The van der Waals surface area contributed by atoms with Crippen LogP contribution in [0.4, 0.5) is 0 Å². The van der Waals surface area contributed by atoms with Gasteiger partial charge in [-0.05, 0) is 24.6 Å². The zero-order valence-electron chi connectivity index (χ0n) is 14.7. The number of aliphatic carboxylic acids is 1. The number of piperidine rings is 1.